The van der Waals surface area contributed by atoms with E-state index in [0.29, 0.717) is 18.5 Å². The lowest BCUT2D eigenvalue weighted by atomic mass is 9.86. The number of carbonyl (C=O) groups is 1. The van der Waals surface area contributed by atoms with Gasteiger partial charge in [-0.05, 0) is 30.0 Å². The maximum absolute atomic E-state index is 15.0. The molecule has 1 amide bonds. The van der Waals surface area contributed by atoms with Crippen molar-refractivity contribution < 1.29 is 23.0 Å². The van der Waals surface area contributed by atoms with Crippen molar-refractivity contribution >= 4 is 17.8 Å². The number of halogens is 2. The van der Waals surface area contributed by atoms with Crippen LogP contribution in [-0.2, 0) is 16.8 Å². The number of pyridine rings is 1. The second-order valence-electron chi connectivity index (χ2n) is 6.88. The Bertz CT molecular complexity index is 974. The zero-order valence-corrected chi connectivity index (χ0v) is 15.8. The summed E-state index contributed by atoms with van der Waals surface area (Å²) in [6.07, 6.45) is 4.48. The molecule has 0 bridgehead atoms. The van der Waals surface area contributed by atoms with Crippen LogP contribution in [0.25, 0.3) is 0 Å². The minimum atomic E-state index is -0.934. The molecule has 8 heteroatoms. The topological polar surface area (TPSA) is 64.0 Å². The summed E-state index contributed by atoms with van der Waals surface area (Å²) < 4.78 is 40.0. The Kier molecular flexibility index (Phi) is 4.28. The first kappa shape index (κ1) is 18.3. The summed E-state index contributed by atoms with van der Waals surface area (Å²) >= 11 is 0. The predicted molar refractivity (Wildman–Crippen MR) is 99.3 cm³/mol. The fourth-order valence-electron chi connectivity index (χ4n) is 3.79. The zero-order valence-electron chi connectivity index (χ0n) is 15.8. The number of aromatic nitrogens is 1. The first-order chi connectivity index (χ1) is 13.5. The van der Waals surface area contributed by atoms with Gasteiger partial charge in [0.1, 0.15) is 5.69 Å². The van der Waals surface area contributed by atoms with Crippen molar-refractivity contribution in [3.63, 3.8) is 0 Å². The summed E-state index contributed by atoms with van der Waals surface area (Å²) in [5.41, 5.74) is 1.02. The Labute approximate surface area is 160 Å². The molecule has 0 radical (unpaired) electrons. The lowest BCUT2D eigenvalue weighted by molar-refractivity contribution is -0.121. The monoisotopic (exact) mass is 387 g/mol. The first-order valence-electron chi connectivity index (χ1n) is 8.80. The highest BCUT2D eigenvalue weighted by Crippen LogP contribution is 2.54. The summed E-state index contributed by atoms with van der Waals surface area (Å²) in [5.74, 6) is -2.58. The SMILES string of the molecule is CN=Cc1cc2c(cn1)CN(c1c(F)c(OC)cc(OC)c1F)C(=O)C21CC1. The Morgan fingerprint density at radius 2 is 1.82 bits per heavy atom. The van der Waals surface area contributed by atoms with Gasteiger partial charge in [0.05, 0.1) is 31.9 Å². The smallest absolute Gasteiger partial charge is 0.238 e. The third kappa shape index (κ3) is 2.55. The van der Waals surface area contributed by atoms with Crippen LogP contribution < -0.4 is 14.4 Å². The predicted octanol–water partition coefficient (Wildman–Crippen LogP) is 3.00. The molecule has 146 valence electrons. The normalized spacial score (nSPS) is 17.2. The molecule has 28 heavy (non-hydrogen) atoms. The standard InChI is InChI=1S/C20H19F2N3O3/c1-23-9-12-6-13-11(8-24-12)10-25(19(26)20(13)4-5-20)18-16(21)14(27-2)7-15(28-3)17(18)22/h6-9H,4-5,10H2,1-3H3. The van der Waals surface area contributed by atoms with E-state index in [4.69, 9.17) is 9.47 Å². The molecule has 1 aliphatic carbocycles. The maximum Gasteiger partial charge on any atom is 0.238 e. The molecule has 4 rings (SSSR count). The molecule has 0 saturated heterocycles. The number of carbonyl (C=O) groups excluding carboxylic acids is 1. The van der Waals surface area contributed by atoms with Gasteiger partial charge in [-0.15, -0.1) is 0 Å². The summed E-state index contributed by atoms with van der Waals surface area (Å²) in [6.45, 7) is 0.0105. The summed E-state index contributed by atoms with van der Waals surface area (Å²) in [7, 11) is 4.19. The van der Waals surface area contributed by atoms with Crippen LogP contribution in [0.3, 0.4) is 0 Å². The van der Waals surface area contributed by atoms with Gasteiger partial charge in [-0.1, -0.05) is 0 Å². The van der Waals surface area contributed by atoms with E-state index in [1.54, 1.807) is 19.5 Å². The lowest BCUT2D eigenvalue weighted by Crippen LogP contribution is -2.45. The second-order valence-corrected chi connectivity index (χ2v) is 6.88. The van der Waals surface area contributed by atoms with Crippen molar-refractivity contribution in [3.8, 4) is 11.5 Å². The highest BCUT2D eigenvalue weighted by Gasteiger charge is 2.57. The van der Waals surface area contributed by atoms with Crippen LogP contribution in [0.4, 0.5) is 14.5 Å². The van der Waals surface area contributed by atoms with Gasteiger partial charge in [-0.25, -0.2) is 8.78 Å². The Morgan fingerprint density at radius 1 is 1.18 bits per heavy atom. The van der Waals surface area contributed by atoms with E-state index >= 15 is 0 Å². The van der Waals surface area contributed by atoms with Gasteiger partial charge < -0.3 is 14.4 Å². The van der Waals surface area contributed by atoms with Gasteiger partial charge >= 0.3 is 0 Å². The van der Waals surface area contributed by atoms with Crippen molar-refractivity contribution in [1.82, 2.24) is 4.98 Å². The average molecular weight is 387 g/mol. The Hall–Kier alpha value is -3.03. The minimum absolute atomic E-state index is 0.0105. The highest BCUT2D eigenvalue weighted by molar-refractivity contribution is 6.05. The number of anilines is 1. The van der Waals surface area contributed by atoms with Crippen molar-refractivity contribution in [3.05, 3.63) is 46.8 Å². The molecule has 1 aliphatic heterocycles. The number of methoxy groups -OCH3 is 2. The first-order valence-corrected chi connectivity index (χ1v) is 8.80. The molecule has 1 fully saturated rings. The third-order valence-electron chi connectivity index (χ3n) is 5.34. The highest BCUT2D eigenvalue weighted by atomic mass is 19.1. The molecule has 2 heterocycles. The number of rotatable bonds is 4. The number of fused-ring (bicyclic) bond motifs is 2. The summed E-state index contributed by atoms with van der Waals surface area (Å²) in [5, 5.41) is 0. The molecule has 2 aliphatic rings. The Balaban J connectivity index is 1.87. The molecule has 1 spiro atoms. The molecule has 0 N–H and O–H groups in total. The number of ether oxygens (including phenoxy) is 2. The van der Waals surface area contributed by atoms with Gasteiger partial charge in [-0.2, -0.15) is 0 Å². The molecular weight excluding hydrogens is 368 g/mol. The molecule has 1 saturated carbocycles. The molecule has 0 atom stereocenters. The summed E-state index contributed by atoms with van der Waals surface area (Å²) in [6, 6.07) is 2.96. The largest absolute Gasteiger partial charge is 0.493 e. The quantitative estimate of drug-likeness (QED) is 0.757. The van der Waals surface area contributed by atoms with E-state index in [9.17, 15) is 13.6 Å². The minimum Gasteiger partial charge on any atom is -0.493 e. The van der Waals surface area contributed by atoms with Crippen LogP contribution in [0.1, 0.15) is 29.7 Å². The number of hydrogen-bond acceptors (Lipinski definition) is 5. The Morgan fingerprint density at radius 3 is 2.36 bits per heavy atom. The molecule has 6 nitrogen and oxygen atoms in total. The summed E-state index contributed by atoms with van der Waals surface area (Å²) in [4.78, 5) is 22.7. The van der Waals surface area contributed by atoms with Crippen molar-refractivity contribution in [2.45, 2.75) is 24.8 Å². The van der Waals surface area contributed by atoms with Crippen molar-refractivity contribution in [1.29, 1.82) is 0 Å². The van der Waals surface area contributed by atoms with Crippen LogP contribution in [0.15, 0.2) is 23.3 Å². The number of benzene rings is 1. The third-order valence-corrected chi connectivity index (χ3v) is 5.34. The van der Waals surface area contributed by atoms with E-state index in [1.165, 1.54) is 14.2 Å². The molecular formula is C20H19F2N3O3. The lowest BCUT2D eigenvalue weighted by Gasteiger charge is -2.35. The average Bonchev–Trinajstić information content (AvgIpc) is 3.49. The number of nitrogens with zero attached hydrogens (tertiary/aromatic N) is 3. The maximum atomic E-state index is 15.0. The van der Waals surface area contributed by atoms with Crippen LogP contribution >= 0.6 is 0 Å². The fraction of sp³-hybridized carbons (Fsp3) is 0.350. The van der Waals surface area contributed by atoms with Crippen molar-refractivity contribution in [2.24, 2.45) is 4.99 Å². The van der Waals surface area contributed by atoms with Gasteiger partial charge in [-0.3, -0.25) is 14.8 Å². The van der Waals surface area contributed by atoms with Crippen LogP contribution in [0.2, 0.25) is 0 Å². The van der Waals surface area contributed by atoms with Gasteiger partial charge in [0.25, 0.3) is 0 Å². The van der Waals surface area contributed by atoms with E-state index < -0.39 is 22.7 Å². The van der Waals surface area contributed by atoms with E-state index in [2.05, 4.69) is 9.98 Å². The van der Waals surface area contributed by atoms with Crippen LogP contribution in [0.5, 0.6) is 11.5 Å². The molecule has 2 aromatic rings. The van der Waals surface area contributed by atoms with E-state index in [1.807, 2.05) is 6.07 Å². The van der Waals surface area contributed by atoms with E-state index in [-0.39, 0.29) is 24.0 Å². The fourth-order valence-corrected chi connectivity index (χ4v) is 3.79. The van der Waals surface area contributed by atoms with Gasteiger partial charge in [0, 0.05) is 25.5 Å². The molecule has 1 aromatic carbocycles. The van der Waals surface area contributed by atoms with Gasteiger partial charge in [0.15, 0.2) is 23.1 Å². The number of hydrogen-bond donors (Lipinski definition) is 0. The van der Waals surface area contributed by atoms with Crippen molar-refractivity contribution in [2.75, 3.05) is 26.2 Å². The number of aliphatic imine (C=N–C) groups is 1. The van der Waals surface area contributed by atoms with E-state index in [0.717, 1.165) is 22.1 Å². The molecule has 1 aromatic heterocycles. The number of amides is 1. The van der Waals surface area contributed by atoms with Crippen LogP contribution in [-0.4, -0.2) is 38.4 Å². The second kappa shape index (κ2) is 6.54. The van der Waals surface area contributed by atoms with Gasteiger partial charge in [0.2, 0.25) is 5.91 Å². The molecule has 0 unspecified atom stereocenters. The zero-order chi connectivity index (χ0) is 20.1. The van der Waals surface area contributed by atoms with Crippen LogP contribution in [0, 0.1) is 11.6 Å².